The van der Waals surface area contributed by atoms with Gasteiger partial charge in [-0.05, 0) is 30.2 Å². The minimum absolute atomic E-state index is 0.0550. The van der Waals surface area contributed by atoms with Gasteiger partial charge in [0.05, 0.1) is 5.69 Å². The molecule has 2 N–H and O–H groups in total. The van der Waals surface area contributed by atoms with E-state index in [0.717, 1.165) is 12.0 Å². The highest BCUT2D eigenvalue weighted by molar-refractivity contribution is 5.97. The smallest absolute Gasteiger partial charge is 0.260 e. The van der Waals surface area contributed by atoms with Crippen LogP contribution in [0.2, 0.25) is 0 Å². The standard InChI is InChI=1S/C20H24N2O3/c1-3-7-18(23)16-10-11-19(17(21)12-16)25-14-20(24)22(2)13-15-8-5-4-6-9-15/h4-6,8-12H,3,7,13-14,21H2,1-2H3. The Hall–Kier alpha value is -2.82. The first-order valence-corrected chi connectivity index (χ1v) is 8.34. The maximum Gasteiger partial charge on any atom is 0.260 e. The largest absolute Gasteiger partial charge is 0.482 e. The minimum atomic E-state index is -0.144. The van der Waals surface area contributed by atoms with Crippen LogP contribution in [0.1, 0.15) is 35.7 Å². The Balaban J connectivity index is 1.91. The second-order valence-electron chi connectivity index (χ2n) is 5.95. The lowest BCUT2D eigenvalue weighted by molar-refractivity contribution is -0.132. The monoisotopic (exact) mass is 340 g/mol. The van der Waals surface area contributed by atoms with E-state index < -0.39 is 0 Å². The van der Waals surface area contributed by atoms with Crippen LogP contribution in [0, 0.1) is 0 Å². The summed E-state index contributed by atoms with van der Waals surface area (Å²) in [6.07, 6.45) is 1.28. The van der Waals surface area contributed by atoms with Crippen molar-refractivity contribution in [3.05, 3.63) is 59.7 Å². The van der Waals surface area contributed by atoms with Crippen LogP contribution in [0.5, 0.6) is 5.75 Å². The van der Waals surface area contributed by atoms with Gasteiger partial charge in [-0.25, -0.2) is 0 Å². The number of benzene rings is 2. The summed E-state index contributed by atoms with van der Waals surface area (Å²) in [4.78, 5) is 25.7. The second-order valence-corrected chi connectivity index (χ2v) is 5.95. The SMILES string of the molecule is CCCC(=O)c1ccc(OCC(=O)N(C)Cc2ccccc2)c(N)c1. The Bertz CT molecular complexity index is 729. The van der Waals surface area contributed by atoms with Gasteiger partial charge in [-0.15, -0.1) is 0 Å². The Labute approximate surface area is 148 Å². The first-order chi connectivity index (χ1) is 12.0. The molecule has 0 atom stereocenters. The molecule has 0 aliphatic rings. The van der Waals surface area contributed by atoms with E-state index in [0.29, 0.717) is 30.0 Å². The quantitative estimate of drug-likeness (QED) is 0.591. The van der Waals surface area contributed by atoms with Gasteiger partial charge < -0.3 is 15.4 Å². The van der Waals surface area contributed by atoms with Crippen molar-refractivity contribution < 1.29 is 14.3 Å². The predicted molar refractivity (Wildman–Crippen MR) is 98.5 cm³/mol. The van der Waals surface area contributed by atoms with Gasteiger partial charge in [-0.2, -0.15) is 0 Å². The van der Waals surface area contributed by atoms with Crippen LogP contribution in [0.3, 0.4) is 0 Å². The number of rotatable bonds is 8. The fourth-order valence-corrected chi connectivity index (χ4v) is 2.42. The molecule has 0 fully saturated rings. The molecule has 2 rings (SSSR count). The third-order valence-corrected chi connectivity index (χ3v) is 3.85. The molecule has 0 spiro atoms. The fourth-order valence-electron chi connectivity index (χ4n) is 2.42. The average molecular weight is 340 g/mol. The number of ketones is 1. The van der Waals surface area contributed by atoms with Gasteiger partial charge in [0, 0.05) is 25.6 Å². The average Bonchev–Trinajstić information content (AvgIpc) is 2.61. The second kappa shape index (κ2) is 8.87. The van der Waals surface area contributed by atoms with Crippen LogP contribution in [0.4, 0.5) is 5.69 Å². The van der Waals surface area contributed by atoms with Crippen LogP contribution in [0.25, 0.3) is 0 Å². The van der Waals surface area contributed by atoms with Crippen molar-refractivity contribution in [1.82, 2.24) is 4.90 Å². The molecule has 132 valence electrons. The number of Topliss-reactive ketones (excluding diaryl/α,β-unsaturated/α-hetero) is 1. The summed E-state index contributed by atoms with van der Waals surface area (Å²) in [7, 11) is 1.73. The van der Waals surface area contributed by atoms with E-state index in [1.54, 1.807) is 30.1 Å². The summed E-state index contributed by atoms with van der Waals surface area (Å²) < 4.78 is 5.52. The number of ether oxygens (including phenoxy) is 1. The number of carbonyl (C=O) groups is 2. The lowest BCUT2D eigenvalue weighted by atomic mass is 10.1. The molecule has 0 aromatic heterocycles. The molecule has 0 heterocycles. The van der Waals surface area contributed by atoms with E-state index in [1.165, 1.54) is 0 Å². The van der Waals surface area contributed by atoms with Crippen LogP contribution in [-0.2, 0) is 11.3 Å². The maximum atomic E-state index is 12.2. The summed E-state index contributed by atoms with van der Waals surface area (Å²) in [6.45, 7) is 2.37. The molecule has 0 unspecified atom stereocenters. The Morgan fingerprint density at radius 2 is 1.84 bits per heavy atom. The number of anilines is 1. The first kappa shape index (κ1) is 18.5. The third kappa shape index (κ3) is 5.35. The molecule has 2 aromatic carbocycles. The van der Waals surface area contributed by atoms with Crippen molar-refractivity contribution in [3.8, 4) is 5.75 Å². The molecular formula is C20H24N2O3. The number of nitrogen functional groups attached to an aromatic ring is 1. The minimum Gasteiger partial charge on any atom is -0.482 e. The van der Waals surface area contributed by atoms with Crippen molar-refractivity contribution in [2.45, 2.75) is 26.3 Å². The summed E-state index contributed by atoms with van der Waals surface area (Å²) in [5.74, 6) is 0.323. The van der Waals surface area contributed by atoms with E-state index in [-0.39, 0.29) is 18.3 Å². The Morgan fingerprint density at radius 3 is 2.48 bits per heavy atom. The van der Waals surface area contributed by atoms with E-state index in [9.17, 15) is 9.59 Å². The molecule has 1 amide bonds. The van der Waals surface area contributed by atoms with Gasteiger partial charge in [-0.3, -0.25) is 9.59 Å². The zero-order chi connectivity index (χ0) is 18.2. The fraction of sp³-hybridized carbons (Fsp3) is 0.300. The summed E-state index contributed by atoms with van der Waals surface area (Å²) >= 11 is 0. The number of nitrogens with zero attached hydrogens (tertiary/aromatic N) is 1. The molecular weight excluding hydrogens is 316 g/mol. The summed E-state index contributed by atoms with van der Waals surface area (Å²) in [6, 6.07) is 14.7. The van der Waals surface area contributed by atoms with Gasteiger partial charge in [0.2, 0.25) is 0 Å². The van der Waals surface area contributed by atoms with Gasteiger partial charge in [0.25, 0.3) is 5.91 Å². The van der Waals surface area contributed by atoms with Gasteiger partial charge in [0.15, 0.2) is 12.4 Å². The lowest BCUT2D eigenvalue weighted by Gasteiger charge is -2.18. The Morgan fingerprint density at radius 1 is 1.12 bits per heavy atom. The highest BCUT2D eigenvalue weighted by Gasteiger charge is 2.12. The van der Waals surface area contributed by atoms with E-state index in [1.807, 2.05) is 37.3 Å². The van der Waals surface area contributed by atoms with Crippen molar-refractivity contribution in [3.63, 3.8) is 0 Å². The van der Waals surface area contributed by atoms with Gasteiger partial charge in [0.1, 0.15) is 5.75 Å². The molecule has 0 radical (unpaired) electrons. The van der Waals surface area contributed by atoms with Crippen LogP contribution < -0.4 is 10.5 Å². The lowest BCUT2D eigenvalue weighted by Crippen LogP contribution is -2.31. The highest BCUT2D eigenvalue weighted by Crippen LogP contribution is 2.23. The normalized spacial score (nSPS) is 10.3. The Kier molecular flexibility index (Phi) is 6.57. The van der Waals surface area contributed by atoms with Crippen LogP contribution >= 0.6 is 0 Å². The van der Waals surface area contributed by atoms with E-state index in [2.05, 4.69) is 0 Å². The van der Waals surface area contributed by atoms with Crippen LogP contribution in [-0.4, -0.2) is 30.2 Å². The predicted octanol–water partition coefficient (Wildman–Crippen LogP) is 3.29. The molecule has 25 heavy (non-hydrogen) atoms. The topological polar surface area (TPSA) is 72.6 Å². The molecule has 0 aliphatic heterocycles. The zero-order valence-electron chi connectivity index (χ0n) is 14.7. The summed E-state index contributed by atoms with van der Waals surface area (Å²) in [5.41, 5.74) is 7.92. The number of carbonyl (C=O) groups excluding carboxylic acids is 2. The van der Waals surface area contributed by atoms with Gasteiger partial charge in [-0.1, -0.05) is 37.3 Å². The number of likely N-dealkylation sites (N-methyl/N-ethyl adjacent to an activating group) is 1. The molecule has 0 bridgehead atoms. The molecule has 5 nitrogen and oxygen atoms in total. The first-order valence-electron chi connectivity index (χ1n) is 8.34. The third-order valence-electron chi connectivity index (χ3n) is 3.85. The molecule has 2 aromatic rings. The van der Waals surface area contributed by atoms with Crippen molar-refractivity contribution in [2.24, 2.45) is 0 Å². The van der Waals surface area contributed by atoms with Crippen LogP contribution in [0.15, 0.2) is 48.5 Å². The summed E-state index contributed by atoms with van der Waals surface area (Å²) in [5, 5.41) is 0. The molecule has 0 saturated carbocycles. The molecule has 5 heteroatoms. The number of hydrogen-bond donors (Lipinski definition) is 1. The number of amides is 1. The number of nitrogens with two attached hydrogens (primary N) is 1. The number of hydrogen-bond acceptors (Lipinski definition) is 4. The maximum absolute atomic E-state index is 12.2. The van der Waals surface area contributed by atoms with Crippen molar-refractivity contribution in [1.29, 1.82) is 0 Å². The molecule has 0 aliphatic carbocycles. The van der Waals surface area contributed by atoms with Crippen molar-refractivity contribution >= 4 is 17.4 Å². The zero-order valence-corrected chi connectivity index (χ0v) is 14.7. The van der Waals surface area contributed by atoms with E-state index in [4.69, 9.17) is 10.5 Å². The van der Waals surface area contributed by atoms with Crippen molar-refractivity contribution in [2.75, 3.05) is 19.4 Å². The van der Waals surface area contributed by atoms with E-state index >= 15 is 0 Å². The highest BCUT2D eigenvalue weighted by atomic mass is 16.5. The van der Waals surface area contributed by atoms with Gasteiger partial charge >= 0.3 is 0 Å². The molecule has 0 saturated heterocycles.